The Morgan fingerprint density at radius 1 is 1.06 bits per heavy atom. The molecule has 0 radical (unpaired) electrons. The first-order valence-electron chi connectivity index (χ1n) is 11.0. The molecule has 1 aliphatic rings. The number of nitrogens with one attached hydrogen (secondary N) is 2. The van der Waals surface area contributed by atoms with E-state index in [0.717, 1.165) is 49.2 Å². The third kappa shape index (κ3) is 5.57. The average Bonchev–Trinajstić information content (AvgIpc) is 2.83. The van der Waals surface area contributed by atoms with Gasteiger partial charge in [-0.1, -0.05) is 48.5 Å². The van der Waals surface area contributed by atoms with Crippen molar-refractivity contribution in [2.75, 3.05) is 18.4 Å². The van der Waals surface area contributed by atoms with Gasteiger partial charge in [0.25, 0.3) is 0 Å². The molecule has 31 heavy (non-hydrogen) atoms. The number of aryl methyl sites for hydroxylation is 1. The predicted octanol–water partition coefficient (Wildman–Crippen LogP) is 4.01. The molecule has 2 aromatic carbocycles. The summed E-state index contributed by atoms with van der Waals surface area (Å²) in [5.74, 6) is -0.158. The molecule has 0 aliphatic heterocycles. The largest absolute Gasteiger partial charge is 0.387 e. The molecule has 0 spiro atoms. The number of carbonyl (C=O) groups is 1. The number of pyridine rings is 1. The maximum atomic E-state index is 12.8. The van der Waals surface area contributed by atoms with E-state index in [1.165, 1.54) is 11.1 Å². The minimum Gasteiger partial charge on any atom is -0.387 e. The van der Waals surface area contributed by atoms with Gasteiger partial charge in [0.15, 0.2) is 0 Å². The van der Waals surface area contributed by atoms with Crippen molar-refractivity contribution in [3.8, 4) is 0 Å². The minimum atomic E-state index is -0.502. The van der Waals surface area contributed by atoms with E-state index in [1.54, 1.807) is 6.20 Å². The van der Waals surface area contributed by atoms with Crippen molar-refractivity contribution in [2.45, 2.75) is 37.7 Å². The Morgan fingerprint density at radius 2 is 1.87 bits per heavy atom. The van der Waals surface area contributed by atoms with Crippen LogP contribution in [-0.4, -0.2) is 29.1 Å². The van der Waals surface area contributed by atoms with Crippen LogP contribution in [0.2, 0.25) is 0 Å². The Kier molecular flexibility index (Phi) is 7.07. The molecular weight excluding hydrogens is 386 g/mol. The summed E-state index contributed by atoms with van der Waals surface area (Å²) in [6.45, 7) is 1.30. The molecule has 3 N–H and O–H groups in total. The molecule has 2 atom stereocenters. The van der Waals surface area contributed by atoms with Gasteiger partial charge in [-0.15, -0.1) is 0 Å². The van der Waals surface area contributed by atoms with Gasteiger partial charge in [0.05, 0.1) is 17.7 Å². The number of amides is 1. The van der Waals surface area contributed by atoms with Crippen molar-refractivity contribution in [1.82, 2.24) is 10.3 Å². The Labute approximate surface area is 183 Å². The van der Waals surface area contributed by atoms with Gasteiger partial charge < -0.3 is 15.7 Å². The standard InChI is InChI=1S/C26H29N3O2/c30-24(20-6-2-1-3-7-20)18-27-17-15-19-11-13-22(14-12-19)29-26(31)23-10-4-8-21-9-5-16-28-25(21)23/h1-3,5-7,9,11-14,16,23-24,27,30H,4,8,10,15,17-18H2,(H,29,31). The van der Waals surface area contributed by atoms with Crippen LogP contribution < -0.4 is 10.6 Å². The second-order valence-corrected chi connectivity index (χ2v) is 8.06. The predicted molar refractivity (Wildman–Crippen MR) is 123 cm³/mol. The molecule has 0 bridgehead atoms. The number of aliphatic hydroxyl groups excluding tert-OH is 1. The van der Waals surface area contributed by atoms with Crippen LogP contribution in [0.4, 0.5) is 5.69 Å². The quantitative estimate of drug-likeness (QED) is 0.486. The number of aliphatic hydroxyl groups is 1. The van der Waals surface area contributed by atoms with Crippen LogP contribution in [0.3, 0.4) is 0 Å². The van der Waals surface area contributed by atoms with Crippen molar-refractivity contribution in [3.63, 3.8) is 0 Å². The number of anilines is 1. The maximum Gasteiger partial charge on any atom is 0.233 e. The highest BCUT2D eigenvalue weighted by Crippen LogP contribution is 2.30. The Hall–Kier alpha value is -3.02. The maximum absolute atomic E-state index is 12.8. The van der Waals surface area contributed by atoms with Crippen LogP contribution in [0.25, 0.3) is 0 Å². The van der Waals surface area contributed by atoms with E-state index >= 15 is 0 Å². The molecule has 3 aromatic rings. The fraction of sp³-hybridized carbons (Fsp3) is 0.308. The summed E-state index contributed by atoms with van der Waals surface area (Å²) in [6.07, 6.45) is 4.98. The van der Waals surface area contributed by atoms with Gasteiger partial charge in [-0.25, -0.2) is 0 Å². The second kappa shape index (κ2) is 10.3. The summed E-state index contributed by atoms with van der Waals surface area (Å²) in [4.78, 5) is 17.3. The van der Waals surface area contributed by atoms with Gasteiger partial charge in [-0.3, -0.25) is 9.78 Å². The zero-order valence-electron chi connectivity index (χ0n) is 17.6. The fourth-order valence-electron chi connectivity index (χ4n) is 4.11. The monoisotopic (exact) mass is 415 g/mol. The number of carbonyl (C=O) groups excluding carboxylic acids is 1. The van der Waals surface area contributed by atoms with Gasteiger partial charge in [0.1, 0.15) is 0 Å². The van der Waals surface area contributed by atoms with Gasteiger partial charge in [-0.05, 0) is 67.1 Å². The Balaban J connectivity index is 1.25. The molecular formula is C26H29N3O2. The smallest absolute Gasteiger partial charge is 0.233 e. The number of aromatic nitrogens is 1. The molecule has 0 saturated carbocycles. The molecule has 2 unspecified atom stereocenters. The van der Waals surface area contributed by atoms with Crippen LogP contribution in [-0.2, 0) is 17.6 Å². The van der Waals surface area contributed by atoms with Crippen molar-refractivity contribution in [2.24, 2.45) is 0 Å². The molecule has 5 heteroatoms. The second-order valence-electron chi connectivity index (χ2n) is 8.06. The normalized spacial score (nSPS) is 16.4. The number of nitrogens with zero attached hydrogens (tertiary/aromatic N) is 1. The highest BCUT2D eigenvalue weighted by Gasteiger charge is 2.27. The lowest BCUT2D eigenvalue weighted by Gasteiger charge is -2.23. The third-order valence-electron chi connectivity index (χ3n) is 5.85. The molecule has 160 valence electrons. The fourth-order valence-corrected chi connectivity index (χ4v) is 4.11. The van der Waals surface area contributed by atoms with Crippen molar-refractivity contribution >= 4 is 11.6 Å². The van der Waals surface area contributed by atoms with Crippen LogP contribution in [0, 0.1) is 0 Å². The SMILES string of the molecule is O=C(Nc1ccc(CCNCC(O)c2ccccc2)cc1)C1CCCc2cccnc21. The van der Waals surface area contributed by atoms with Gasteiger partial charge in [-0.2, -0.15) is 0 Å². The average molecular weight is 416 g/mol. The van der Waals surface area contributed by atoms with Crippen LogP contribution in [0.5, 0.6) is 0 Å². The molecule has 0 saturated heterocycles. The molecule has 1 heterocycles. The zero-order chi connectivity index (χ0) is 21.5. The lowest BCUT2D eigenvalue weighted by atomic mass is 9.86. The Morgan fingerprint density at radius 3 is 2.68 bits per heavy atom. The van der Waals surface area contributed by atoms with Crippen LogP contribution >= 0.6 is 0 Å². The van der Waals surface area contributed by atoms with E-state index in [-0.39, 0.29) is 11.8 Å². The number of fused-ring (bicyclic) bond motifs is 1. The van der Waals surface area contributed by atoms with Gasteiger partial charge in [0, 0.05) is 18.4 Å². The van der Waals surface area contributed by atoms with E-state index in [2.05, 4.69) is 21.7 Å². The summed E-state index contributed by atoms with van der Waals surface area (Å²) in [5.41, 5.74) is 5.03. The molecule has 5 nitrogen and oxygen atoms in total. The lowest BCUT2D eigenvalue weighted by molar-refractivity contribution is -0.118. The first-order valence-corrected chi connectivity index (χ1v) is 11.0. The van der Waals surface area contributed by atoms with E-state index in [1.807, 2.05) is 60.7 Å². The number of hydrogen-bond acceptors (Lipinski definition) is 4. The van der Waals surface area contributed by atoms with Gasteiger partial charge >= 0.3 is 0 Å². The number of hydrogen-bond donors (Lipinski definition) is 3. The number of benzene rings is 2. The van der Waals surface area contributed by atoms with Crippen molar-refractivity contribution in [1.29, 1.82) is 0 Å². The summed E-state index contributed by atoms with van der Waals surface area (Å²) in [5, 5.41) is 16.6. The first-order chi connectivity index (χ1) is 15.2. The molecule has 1 aromatic heterocycles. The van der Waals surface area contributed by atoms with E-state index in [0.29, 0.717) is 6.54 Å². The third-order valence-corrected chi connectivity index (χ3v) is 5.85. The number of rotatable bonds is 8. The van der Waals surface area contributed by atoms with Gasteiger partial charge in [0.2, 0.25) is 5.91 Å². The van der Waals surface area contributed by atoms with E-state index < -0.39 is 6.10 Å². The topological polar surface area (TPSA) is 74.2 Å². The van der Waals surface area contributed by atoms with E-state index in [9.17, 15) is 9.90 Å². The summed E-state index contributed by atoms with van der Waals surface area (Å²) < 4.78 is 0. The minimum absolute atomic E-state index is 0.0176. The lowest BCUT2D eigenvalue weighted by Crippen LogP contribution is -2.25. The van der Waals surface area contributed by atoms with Crippen LogP contribution in [0.15, 0.2) is 72.9 Å². The zero-order valence-corrected chi connectivity index (χ0v) is 17.6. The summed E-state index contributed by atoms with van der Waals surface area (Å²) >= 11 is 0. The molecule has 0 fully saturated rings. The summed E-state index contributed by atoms with van der Waals surface area (Å²) in [7, 11) is 0. The molecule has 1 aliphatic carbocycles. The van der Waals surface area contributed by atoms with E-state index in [4.69, 9.17) is 0 Å². The highest BCUT2D eigenvalue weighted by atomic mass is 16.3. The molecule has 1 amide bonds. The van der Waals surface area contributed by atoms with Crippen molar-refractivity contribution < 1.29 is 9.90 Å². The van der Waals surface area contributed by atoms with Crippen molar-refractivity contribution in [3.05, 3.63) is 95.3 Å². The highest BCUT2D eigenvalue weighted by molar-refractivity contribution is 5.95. The summed E-state index contributed by atoms with van der Waals surface area (Å²) in [6, 6.07) is 21.7. The van der Waals surface area contributed by atoms with Crippen LogP contribution in [0.1, 0.15) is 47.2 Å². The molecule has 4 rings (SSSR count). The Bertz CT molecular complexity index is 989. The first kappa shape index (κ1) is 21.2.